The summed E-state index contributed by atoms with van der Waals surface area (Å²) in [5.41, 5.74) is -0.0840. The van der Waals surface area contributed by atoms with E-state index in [1.807, 2.05) is 0 Å². The lowest BCUT2D eigenvalue weighted by atomic mass is 9.82. The number of rotatable bonds is 6. The van der Waals surface area contributed by atoms with Crippen molar-refractivity contribution in [3.8, 4) is 5.75 Å². The third-order valence-electron chi connectivity index (χ3n) is 5.92. The summed E-state index contributed by atoms with van der Waals surface area (Å²) in [5.74, 6) is -0.968. The van der Waals surface area contributed by atoms with Crippen molar-refractivity contribution >= 4 is 11.7 Å². The highest BCUT2D eigenvalue weighted by Gasteiger charge is 2.62. The fourth-order valence-corrected chi connectivity index (χ4v) is 4.05. The normalized spacial score (nSPS) is 24.5. The summed E-state index contributed by atoms with van der Waals surface area (Å²) < 4.78 is 33.6. The molecule has 162 valence electrons. The number of pyridine rings is 1. The lowest BCUT2D eigenvalue weighted by molar-refractivity contribution is -0.616. The van der Waals surface area contributed by atoms with Crippen LogP contribution in [0.4, 0.5) is 14.6 Å². The van der Waals surface area contributed by atoms with E-state index >= 15 is 0 Å². The number of anilines is 1. The van der Waals surface area contributed by atoms with Crippen molar-refractivity contribution in [2.45, 2.75) is 26.7 Å². The number of allylic oxidation sites excluding steroid dienone is 4. The van der Waals surface area contributed by atoms with E-state index in [0.29, 0.717) is 34.8 Å². The number of aromatic nitrogens is 3. The van der Waals surface area contributed by atoms with Crippen molar-refractivity contribution in [2.75, 3.05) is 11.9 Å². The maximum Gasteiger partial charge on any atom is 0.298 e. The van der Waals surface area contributed by atoms with Crippen LogP contribution in [0, 0.1) is 42.1 Å². The molecule has 31 heavy (non-hydrogen) atoms. The maximum absolute atomic E-state index is 14.0. The zero-order valence-corrected chi connectivity index (χ0v) is 17.1. The molecule has 2 aliphatic carbocycles. The van der Waals surface area contributed by atoms with Gasteiger partial charge in [0.15, 0.2) is 5.69 Å². The van der Waals surface area contributed by atoms with E-state index in [4.69, 9.17) is 4.74 Å². The zero-order valence-electron chi connectivity index (χ0n) is 17.1. The second-order valence-electron chi connectivity index (χ2n) is 7.99. The zero-order chi connectivity index (χ0) is 22.2. The van der Waals surface area contributed by atoms with Gasteiger partial charge in [0, 0.05) is 25.2 Å². The molecule has 0 bridgehead atoms. The van der Waals surface area contributed by atoms with Crippen LogP contribution in [0.5, 0.6) is 5.75 Å². The third kappa shape index (κ3) is 4.26. The number of aryl methyl sites for hydroxylation is 2. The second-order valence-corrected chi connectivity index (χ2v) is 7.99. The van der Waals surface area contributed by atoms with Crippen LogP contribution in [-0.2, 0) is 4.79 Å². The van der Waals surface area contributed by atoms with Gasteiger partial charge in [-0.15, -0.1) is 0 Å². The van der Waals surface area contributed by atoms with Gasteiger partial charge in [0.2, 0.25) is 11.7 Å². The highest BCUT2D eigenvalue weighted by molar-refractivity contribution is 5.94. The van der Waals surface area contributed by atoms with Crippen LogP contribution >= 0.6 is 0 Å². The van der Waals surface area contributed by atoms with E-state index in [0.717, 1.165) is 6.20 Å². The molecule has 1 unspecified atom stereocenters. The van der Waals surface area contributed by atoms with Gasteiger partial charge in [-0.2, -0.15) is 0 Å². The van der Waals surface area contributed by atoms with Crippen molar-refractivity contribution in [1.82, 2.24) is 9.97 Å². The summed E-state index contributed by atoms with van der Waals surface area (Å²) in [6.07, 6.45) is 8.04. The molecule has 1 saturated carbocycles. The average Bonchev–Trinajstić information content (AvgIpc) is 3.48. The lowest BCUT2D eigenvalue weighted by Gasteiger charge is -2.26. The Hall–Kier alpha value is -3.36. The second kappa shape index (κ2) is 8.05. The number of nitrogens with one attached hydrogen (secondary N) is 1. The van der Waals surface area contributed by atoms with Crippen LogP contribution < -0.4 is 14.8 Å². The first-order chi connectivity index (χ1) is 14.8. The fourth-order valence-electron chi connectivity index (χ4n) is 4.05. The van der Waals surface area contributed by atoms with Gasteiger partial charge in [0.05, 0.1) is 12.8 Å². The quantitative estimate of drug-likeness (QED) is 0.563. The van der Waals surface area contributed by atoms with Crippen molar-refractivity contribution in [3.63, 3.8) is 0 Å². The minimum atomic E-state index is -0.642. The molecule has 1 amide bonds. The Morgan fingerprint density at radius 2 is 2.19 bits per heavy atom. The summed E-state index contributed by atoms with van der Waals surface area (Å²) in [7, 11) is 0. The van der Waals surface area contributed by atoms with Gasteiger partial charge in [0.25, 0.3) is 5.82 Å². The number of halogens is 2. The monoisotopic (exact) mass is 428 g/mol. The smallest absolute Gasteiger partial charge is 0.298 e. The summed E-state index contributed by atoms with van der Waals surface area (Å²) in [4.78, 5) is 20.9. The maximum atomic E-state index is 14.0. The van der Waals surface area contributed by atoms with Crippen LogP contribution in [0.3, 0.4) is 0 Å². The van der Waals surface area contributed by atoms with E-state index in [-0.39, 0.29) is 30.1 Å². The summed E-state index contributed by atoms with van der Waals surface area (Å²) in [6.45, 7) is 3.45. The molecular formula is C22H22F2N4O3. The van der Waals surface area contributed by atoms with Gasteiger partial charge in [-0.3, -0.25) is 4.79 Å². The van der Waals surface area contributed by atoms with E-state index < -0.39 is 17.2 Å². The van der Waals surface area contributed by atoms with Crippen LogP contribution in [0.25, 0.3) is 0 Å². The first-order valence-electron chi connectivity index (χ1n) is 9.95. The first kappa shape index (κ1) is 20.9. The molecule has 0 spiro atoms. The molecular weight excluding hydrogens is 406 g/mol. The summed E-state index contributed by atoms with van der Waals surface area (Å²) in [5, 5.41) is 14.6. The van der Waals surface area contributed by atoms with Gasteiger partial charge in [-0.25, -0.2) is 18.5 Å². The van der Waals surface area contributed by atoms with Crippen molar-refractivity contribution in [2.24, 2.45) is 17.3 Å². The fraction of sp³-hybridized carbons (Fsp3) is 0.364. The number of hydrogen-bond donors (Lipinski definition) is 1. The number of ether oxygens (including phenoxy) is 1. The van der Waals surface area contributed by atoms with Crippen LogP contribution in [-0.4, -0.2) is 22.5 Å². The predicted molar refractivity (Wildman–Crippen MR) is 108 cm³/mol. The van der Waals surface area contributed by atoms with Gasteiger partial charge >= 0.3 is 0 Å². The first-order valence-corrected chi connectivity index (χ1v) is 9.95. The molecule has 9 heteroatoms. The molecule has 2 heterocycles. The minimum Gasteiger partial charge on any atom is -0.711 e. The SMILES string of the molecule is Cc1nc(C)[n+]([O-])cc1OC[C@@]1(C2C=C(F)C=CC2)C[C@H]1C(=O)Nc1ccc(F)cn1. The number of amides is 1. The van der Waals surface area contributed by atoms with E-state index in [1.54, 1.807) is 19.9 Å². The Bertz CT molecular complexity index is 1070. The molecule has 2 aromatic heterocycles. The Kier molecular flexibility index (Phi) is 5.43. The molecule has 0 aliphatic heterocycles. The number of carbonyl (C=O) groups excluding carboxylic acids is 1. The third-order valence-corrected chi connectivity index (χ3v) is 5.92. The van der Waals surface area contributed by atoms with E-state index in [9.17, 15) is 18.8 Å². The van der Waals surface area contributed by atoms with Crippen molar-refractivity contribution < 1.29 is 23.0 Å². The molecule has 1 N–H and O–H groups in total. The minimum absolute atomic E-state index is 0.121. The number of hydrogen-bond acceptors (Lipinski definition) is 5. The van der Waals surface area contributed by atoms with Gasteiger partial charge in [-0.05, 0) is 48.0 Å². The average molecular weight is 428 g/mol. The number of carbonyl (C=O) groups is 1. The Morgan fingerprint density at radius 1 is 1.39 bits per heavy atom. The molecule has 3 atom stereocenters. The molecule has 7 nitrogen and oxygen atoms in total. The molecule has 2 aromatic rings. The summed E-state index contributed by atoms with van der Waals surface area (Å²) in [6, 6.07) is 2.59. The van der Waals surface area contributed by atoms with Gasteiger partial charge < -0.3 is 15.3 Å². The molecule has 2 aliphatic rings. The molecule has 1 fully saturated rings. The highest BCUT2D eigenvalue weighted by Crippen LogP contribution is 2.60. The van der Waals surface area contributed by atoms with Crippen molar-refractivity contribution in [3.05, 3.63) is 71.1 Å². The summed E-state index contributed by atoms with van der Waals surface area (Å²) >= 11 is 0. The largest absolute Gasteiger partial charge is 0.711 e. The Labute approximate surface area is 178 Å². The Morgan fingerprint density at radius 3 is 2.90 bits per heavy atom. The van der Waals surface area contributed by atoms with Crippen molar-refractivity contribution in [1.29, 1.82) is 0 Å². The molecule has 0 radical (unpaired) electrons. The lowest BCUT2D eigenvalue weighted by Crippen LogP contribution is -2.33. The molecule has 0 saturated heterocycles. The van der Waals surface area contributed by atoms with Crippen LogP contribution in [0.15, 0.2) is 48.6 Å². The standard InChI is InChI=1S/C22H22F2N4O3/c1-13-19(11-28(30)14(2)26-13)31-12-22(15-4-3-5-16(23)8-15)9-18(22)21(29)27-20-7-6-17(24)10-25-20/h3,5-8,10-11,15,18H,4,9,12H2,1-2H3,(H,25,27,29)/t15?,18-,22+/m0/s1. The Balaban J connectivity index is 1.54. The van der Waals surface area contributed by atoms with E-state index in [2.05, 4.69) is 15.3 Å². The molecule has 4 rings (SSSR count). The van der Waals surface area contributed by atoms with E-state index in [1.165, 1.54) is 30.5 Å². The predicted octanol–water partition coefficient (Wildman–Crippen LogP) is 3.32. The topological polar surface area (TPSA) is 91.0 Å². The molecule has 0 aromatic carbocycles. The number of nitrogens with zero attached hydrogens (tertiary/aromatic N) is 3. The van der Waals surface area contributed by atoms with Gasteiger partial charge in [0.1, 0.15) is 23.7 Å². The van der Waals surface area contributed by atoms with Crippen LogP contribution in [0.1, 0.15) is 24.4 Å². The highest BCUT2D eigenvalue weighted by atomic mass is 19.1. The van der Waals surface area contributed by atoms with Gasteiger partial charge in [-0.1, -0.05) is 6.08 Å². The van der Waals surface area contributed by atoms with Crippen LogP contribution in [0.2, 0.25) is 0 Å².